The van der Waals surface area contributed by atoms with E-state index in [1.165, 1.54) is 11.2 Å². The maximum absolute atomic E-state index is 12.8. The van der Waals surface area contributed by atoms with Gasteiger partial charge in [0, 0.05) is 25.6 Å². The third kappa shape index (κ3) is 4.62. The summed E-state index contributed by atoms with van der Waals surface area (Å²) in [6, 6.07) is 5.26. The topological polar surface area (TPSA) is 104 Å². The molecular weight excluding hydrogens is 356 g/mol. The van der Waals surface area contributed by atoms with Crippen molar-refractivity contribution >= 4 is 21.9 Å². The van der Waals surface area contributed by atoms with E-state index in [1.54, 1.807) is 19.1 Å². The highest BCUT2D eigenvalue weighted by Gasteiger charge is 2.32. The fourth-order valence-corrected chi connectivity index (χ4v) is 4.75. The summed E-state index contributed by atoms with van der Waals surface area (Å²) in [5.74, 6) is -2.10. The molecule has 1 heterocycles. The van der Waals surface area contributed by atoms with Crippen molar-refractivity contribution in [2.75, 3.05) is 19.6 Å². The lowest BCUT2D eigenvalue weighted by Crippen LogP contribution is -2.44. The minimum atomic E-state index is -3.57. The number of carboxylic acids is 1. The average Bonchev–Trinajstić information content (AvgIpc) is 2.59. The Labute approximate surface area is 154 Å². The number of nitrogens with one attached hydrogen (secondary N) is 1. The molecule has 0 spiro atoms. The van der Waals surface area contributed by atoms with Gasteiger partial charge in [0.05, 0.1) is 10.8 Å². The summed E-state index contributed by atoms with van der Waals surface area (Å²) in [5, 5.41) is 11.5. The van der Waals surface area contributed by atoms with Crippen LogP contribution in [-0.2, 0) is 19.6 Å². The van der Waals surface area contributed by atoms with Crippen LogP contribution in [0.4, 0.5) is 0 Å². The van der Waals surface area contributed by atoms with Crippen molar-refractivity contribution in [1.82, 2.24) is 9.62 Å². The normalized spacial score (nSPS) is 17.7. The van der Waals surface area contributed by atoms with Gasteiger partial charge in [-0.15, -0.1) is 0 Å². The zero-order valence-electron chi connectivity index (χ0n) is 15.4. The number of nitrogens with zero attached hydrogens (tertiary/aromatic N) is 1. The summed E-state index contributed by atoms with van der Waals surface area (Å²) in [6.07, 6.45) is 0.856. The summed E-state index contributed by atoms with van der Waals surface area (Å²) in [5.41, 5.74) is 1.72. The molecular formula is C18H26N2O5S. The molecule has 1 atom stereocenters. The number of benzene rings is 1. The molecule has 1 amide bonds. The molecule has 144 valence electrons. The molecule has 1 aromatic rings. The van der Waals surface area contributed by atoms with Crippen LogP contribution in [-0.4, -0.2) is 49.3 Å². The van der Waals surface area contributed by atoms with Crippen LogP contribution in [0.15, 0.2) is 23.1 Å². The highest BCUT2D eigenvalue weighted by Crippen LogP contribution is 2.26. The van der Waals surface area contributed by atoms with Gasteiger partial charge < -0.3 is 10.4 Å². The summed E-state index contributed by atoms with van der Waals surface area (Å²) < 4.78 is 27.1. The highest BCUT2D eigenvalue weighted by molar-refractivity contribution is 7.89. The average molecular weight is 382 g/mol. The highest BCUT2D eigenvalue weighted by atomic mass is 32.2. The molecule has 0 aliphatic carbocycles. The van der Waals surface area contributed by atoms with Crippen LogP contribution in [0.25, 0.3) is 0 Å². The molecule has 2 N–H and O–H groups in total. The largest absolute Gasteiger partial charge is 0.481 e. The SMILES string of the molecule is Cc1ccc(S(=O)(=O)N2CCC(C(=O)NCC(C)C(=O)O)CC2)c(C)c1. The van der Waals surface area contributed by atoms with Crippen molar-refractivity contribution in [2.45, 2.75) is 38.5 Å². The molecule has 8 heteroatoms. The third-order valence-corrected chi connectivity index (χ3v) is 6.84. The van der Waals surface area contributed by atoms with Crippen LogP contribution in [0, 0.1) is 25.7 Å². The predicted molar refractivity (Wildman–Crippen MR) is 97.2 cm³/mol. The number of carbonyl (C=O) groups is 2. The Balaban J connectivity index is 1.97. The van der Waals surface area contributed by atoms with Crippen molar-refractivity contribution in [3.05, 3.63) is 29.3 Å². The Morgan fingerprint density at radius 3 is 2.42 bits per heavy atom. The molecule has 7 nitrogen and oxygen atoms in total. The van der Waals surface area contributed by atoms with Gasteiger partial charge in [-0.25, -0.2) is 8.42 Å². The fourth-order valence-electron chi connectivity index (χ4n) is 3.07. The Hall–Kier alpha value is -1.93. The lowest BCUT2D eigenvalue weighted by molar-refractivity contribution is -0.141. The number of rotatable bonds is 6. The molecule has 1 fully saturated rings. The number of sulfonamides is 1. The second-order valence-electron chi connectivity index (χ2n) is 6.93. The lowest BCUT2D eigenvalue weighted by atomic mass is 9.97. The zero-order valence-corrected chi connectivity index (χ0v) is 16.2. The van der Waals surface area contributed by atoms with Crippen molar-refractivity contribution in [2.24, 2.45) is 11.8 Å². The van der Waals surface area contributed by atoms with E-state index >= 15 is 0 Å². The van der Waals surface area contributed by atoms with E-state index in [1.807, 2.05) is 13.0 Å². The van der Waals surface area contributed by atoms with Gasteiger partial charge in [0.2, 0.25) is 15.9 Å². The molecule has 0 saturated carbocycles. The Bertz CT molecular complexity index is 783. The number of amides is 1. The minimum absolute atomic E-state index is 0.0786. The van der Waals surface area contributed by atoms with Crippen LogP contribution in [0.3, 0.4) is 0 Å². The smallest absolute Gasteiger partial charge is 0.308 e. The summed E-state index contributed by atoms with van der Waals surface area (Å²) in [7, 11) is -3.57. The second kappa shape index (κ2) is 8.18. The van der Waals surface area contributed by atoms with Gasteiger partial charge >= 0.3 is 5.97 Å². The molecule has 1 saturated heterocycles. The number of hydrogen-bond acceptors (Lipinski definition) is 4. The van der Waals surface area contributed by atoms with Crippen molar-refractivity contribution in [3.63, 3.8) is 0 Å². The fraction of sp³-hybridized carbons (Fsp3) is 0.556. The number of piperidine rings is 1. The van der Waals surface area contributed by atoms with Gasteiger partial charge in [0.15, 0.2) is 0 Å². The van der Waals surface area contributed by atoms with E-state index in [9.17, 15) is 18.0 Å². The Morgan fingerprint density at radius 1 is 1.27 bits per heavy atom. The van der Waals surface area contributed by atoms with Crippen LogP contribution in [0.2, 0.25) is 0 Å². The number of aryl methyl sites for hydroxylation is 2. The van der Waals surface area contributed by atoms with Gasteiger partial charge in [-0.05, 0) is 38.3 Å². The molecule has 0 aromatic heterocycles. The quantitative estimate of drug-likeness (QED) is 0.777. The first-order valence-electron chi connectivity index (χ1n) is 8.71. The first-order valence-corrected chi connectivity index (χ1v) is 10.1. The van der Waals surface area contributed by atoms with E-state index in [4.69, 9.17) is 5.11 Å². The molecule has 26 heavy (non-hydrogen) atoms. The van der Waals surface area contributed by atoms with E-state index in [2.05, 4.69) is 5.32 Å². The lowest BCUT2D eigenvalue weighted by Gasteiger charge is -2.31. The van der Waals surface area contributed by atoms with Gasteiger partial charge in [0.25, 0.3) is 0 Å². The van der Waals surface area contributed by atoms with E-state index in [-0.39, 0.29) is 31.5 Å². The first-order chi connectivity index (χ1) is 12.1. The van der Waals surface area contributed by atoms with Gasteiger partial charge in [0.1, 0.15) is 0 Å². The molecule has 2 rings (SSSR count). The van der Waals surface area contributed by atoms with Gasteiger partial charge in [-0.1, -0.05) is 24.6 Å². The molecule has 1 unspecified atom stereocenters. The molecule has 1 aromatic carbocycles. The van der Waals surface area contributed by atoms with Gasteiger partial charge in [-0.2, -0.15) is 4.31 Å². The molecule has 1 aliphatic heterocycles. The maximum atomic E-state index is 12.8. The Morgan fingerprint density at radius 2 is 1.88 bits per heavy atom. The monoisotopic (exact) mass is 382 g/mol. The van der Waals surface area contributed by atoms with E-state index in [0.717, 1.165) is 5.56 Å². The number of aliphatic carboxylic acids is 1. The second-order valence-corrected chi connectivity index (χ2v) is 8.84. The molecule has 1 aliphatic rings. The number of carboxylic acid groups (broad SMARTS) is 1. The van der Waals surface area contributed by atoms with Crippen molar-refractivity contribution in [1.29, 1.82) is 0 Å². The number of hydrogen-bond donors (Lipinski definition) is 2. The van der Waals surface area contributed by atoms with Crippen LogP contribution < -0.4 is 5.32 Å². The maximum Gasteiger partial charge on any atom is 0.308 e. The van der Waals surface area contributed by atoms with E-state index < -0.39 is 21.9 Å². The summed E-state index contributed by atoms with van der Waals surface area (Å²) >= 11 is 0. The molecule has 0 radical (unpaired) electrons. The predicted octanol–water partition coefficient (Wildman–Crippen LogP) is 1.54. The van der Waals surface area contributed by atoms with Crippen LogP contribution in [0.1, 0.15) is 30.9 Å². The summed E-state index contributed by atoms with van der Waals surface area (Å²) in [4.78, 5) is 23.3. The first kappa shape index (κ1) is 20.4. The standard InChI is InChI=1S/C18H26N2O5S/c1-12-4-5-16(13(2)10-12)26(24,25)20-8-6-15(7-9-20)17(21)19-11-14(3)18(22)23/h4-5,10,14-15H,6-9,11H2,1-3H3,(H,19,21)(H,22,23). The van der Waals surface area contributed by atoms with Crippen LogP contribution >= 0.6 is 0 Å². The van der Waals surface area contributed by atoms with Crippen LogP contribution in [0.5, 0.6) is 0 Å². The summed E-state index contributed by atoms with van der Waals surface area (Å²) in [6.45, 7) is 5.86. The van der Waals surface area contributed by atoms with Gasteiger partial charge in [-0.3, -0.25) is 9.59 Å². The third-order valence-electron chi connectivity index (χ3n) is 4.78. The zero-order chi connectivity index (χ0) is 19.5. The van der Waals surface area contributed by atoms with Crippen molar-refractivity contribution < 1.29 is 23.1 Å². The molecule has 0 bridgehead atoms. The minimum Gasteiger partial charge on any atom is -0.481 e. The Kier molecular flexibility index (Phi) is 6.41. The number of carbonyl (C=O) groups excluding carboxylic acids is 1. The van der Waals surface area contributed by atoms with Crippen molar-refractivity contribution in [3.8, 4) is 0 Å². The van der Waals surface area contributed by atoms with E-state index in [0.29, 0.717) is 23.3 Å².